The number of esters is 1. The zero-order valence-corrected chi connectivity index (χ0v) is 23.5. The van der Waals surface area contributed by atoms with Crippen LogP contribution in [0.25, 0.3) is 21.5 Å². The van der Waals surface area contributed by atoms with E-state index in [1.165, 1.54) is 25.3 Å². The Morgan fingerprint density at radius 3 is 2.49 bits per heavy atom. The molecule has 0 spiro atoms. The van der Waals surface area contributed by atoms with E-state index < -0.39 is 17.6 Å². The van der Waals surface area contributed by atoms with Crippen molar-refractivity contribution in [3.05, 3.63) is 58.9 Å². The molecule has 0 N–H and O–H groups in total. The Bertz CT molecular complexity index is 1600. The van der Waals surface area contributed by atoms with Crippen LogP contribution in [0.2, 0.25) is 0 Å². The van der Waals surface area contributed by atoms with Crippen LogP contribution in [0.4, 0.5) is 13.9 Å². The van der Waals surface area contributed by atoms with Gasteiger partial charge in [-0.1, -0.05) is 22.6 Å². The number of benzene rings is 2. The molecule has 0 radical (unpaired) electrons. The fourth-order valence-corrected chi connectivity index (χ4v) is 7.48. The Labute approximate surface area is 239 Å². The van der Waals surface area contributed by atoms with Crippen molar-refractivity contribution in [1.82, 2.24) is 10.1 Å². The van der Waals surface area contributed by atoms with E-state index in [1.54, 1.807) is 30.6 Å². The van der Waals surface area contributed by atoms with Gasteiger partial charge in [0.05, 0.1) is 42.8 Å². The number of carbonyl (C=O) groups excluding carboxylic acids is 1. The van der Waals surface area contributed by atoms with Gasteiger partial charge in [0.25, 0.3) is 0 Å². The molecule has 2 unspecified atom stereocenters. The normalized spacial score (nSPS) is 22.0. The first kappa shape index (κ1) is 26.3. The lowest BCUT2D eigenvalue weighted by Gasteiger charge is -2.38. The molecule has 3 aliphatic rings. The maximum atomic E-state index is 14.7. The zero-order chi connectivity index (χ0) is 28.2. The third-order valence-electron chi connectivity index (χ3n) is 8.43. The van der Waals surface area contributed by atoms with E-state index in [0.717, 1.165) is 53.9 Å². The third kappa shape index (κ3) is 4.64. The van der Waals surface area contributed by atoms with Crippen LogP contribution in [-0.2, 0) is 16.1 Å². The van der Waals surface area contributed by atoms with Crippen molar-refractivity contribution in [3.8, 4) is 17.0 Å². The third-order valence-corrected chi connectivity index (χ3v) is 9.45. The predicted octanol–water partition coefficient (Wildman–Crippen LogP) is 6.62. The number of thiazole rings is 1. The molecular formula is C30H29F2N3O5S. The Morgan fingerprint density at radius 2 is 1.83 bits per heavy atom. The molecule has 2 bridgehead atoms. The minimum Gasteiger partial charge on any atom is -0.494 e. The van der Waals surface area contributed by atoms with Gasteiger partial charge in [0.2, 0.25) is 0 Å². The lowest BCUT2D eigenvalue weighted by molar-refractivity contribution is 0.0147. The number of methoxy groups -OCH3 is 2. The second-order valence-corrected chi connectivity index (χ2v) is 12.0. The first-order valence-corrected chi connectivity index (χ1v) is 14.7. The number of carbonyl (C=O) groups is 1. The molecule has 2 saturated heterocycles. The van der Waals surface area contributed by atoms with Gasteiger partial charge < -0.3 is 23.6 Å². The van der Waals surface area contributed by atoms with E-state index in [9.17, 15) is 13.6 Å². The summed E-state index contributed by atoms with van der Waals surface area (Å²) in [5, 5.41) is 5.00. The molecule has 11 heteroatoms. The monoisotopic (exact) mass is 581 g/mol. The molecule has 1 aliphatic carbocycles. The summed E-state index contributed by atoms with van der Waals surface area (Å²) in [4.78, 5) is 19.5. The molecule has 3 fully saturated rings. The molecule has 4 aromatic rings. The average molecular weight is 582 g/mol. The first-order valence-electron chi connectivity index (χ1n) is 13.8. The van der Waals surface area contributed by atoms with E-state index in [0.29, 0.717) is 22.6 Å². The zero-order valence-electron chi connectivity index (χ0n) is 22.7. The Morgan fingerprint density at radius 1 is 1.10 bits per heavy atom. The number of anilines is 1. The maximum absolute atomic E-state index is 14.7. The van der Waals surface area contributed by atoms with Crippen LogP contribution >= 0.6 is 11.3 Å². The minimum atomic E-state index is -0.667. The number of halogens is 2. The summed E-state index contributed by atoms with van der Waals surface area (Å²) in [5.41, 5.74) is 1.82. The van der Waals surface area contributed by atoms with E-state index in [4.69, 9.17) is 23.7 Å². The van der Waals surface area contributed by atoms with E-state index in [2.05, 4.69) is 10.1 Å². The molecule has 1 saturated carbocycles. The molecule has 214 valence electrons. The predicted molar refractivity (Wildman–Crippen MR) is 148 cm³/mol. The van der Waals surface area contributed by atoms with Crippen LogP contribution < -0.4 is 9.64 Å². The number of nitrogens with zero attached hydrogens (tertiary/aromatic N) is 3. The number of ether oxygens (including phenoxy) is 3. The first-order chi connectivity index (χ1) is 19.9. The molecule has 2 aliphatic heterocycles. The summed E-state index contributed by atoms with van der Waals surface area (Å²) in [6.45, 7) is 0.192. The van der Waals surface area contributed by atoms with Gasteiger partial charge in [-0.2, -0.15) is 0 Å². The van der Waals surface area contributed by atoms with Crippen LogP contribution in [0, 0.1) is 11.6 Å². The SMILES string of the molecule is COC(=O)c1cc(OC)c2nc(N3C4CCC3CC(OCc3c(-c5c(F)cccc5F)noc3C3CC3)C4)sc2c1. The molecule has 8 nitrogen and oxygen atoms in total. The molecule has 2 atom stereocenters. The topological polar surface area (TPSA) is 86.9 Å². The number of hydrogen-bond acceptors (Lipinski definition) is 9. The Hall–Kier alpha value is -3.57. The van der Waals surface area contributed by atoms with Crippen LogP contribution in [0.3, 0.4) is 0 Å². The average Bonchev–Trinajstić information content (AvgIpc) is 3.50. The van der Waals surface area contributed by atoms with Crippen LogP contribution in [0.15, 0.2) is 34.9 Å². The van der Waals surface area contributed by atoms with Crippen molar-refractivity contribution in [2.75, 3.05) is 19.1 Å². The molecule has 4 heterocycles. The van der Waals surface area contributed by atoms with Crippen molar-refractivity contribution in [2.45, 2.75) is 69.2 Å². The summed E-state index contributed by atoms with van der Waals surface area (Å²) in [5.74, 6) is -0.315. The second kappa shape index (κ2) is 10.4. The number of fused-ring (bicyclic) bond motifs is 3. The fourth-order valence-electron chi connectivity index (χ4n) is 6.31. The summed E-state index contributed by atoms with van der Waals surface area (Å²) in [6, 6.07) is 7.77. The van der Waals surface area contributed by atoms with Gasteiger partial charge in [0.1, 0.15) is 34.4 Å². The standard InChI is InChI=1S/C30H29F2N3O5S/c1-37-23-10-16(29(36)38-2)11-24-27(23)33-30(41-24)35-17-8-9-18(35)13-19(12-17)39-14-20-26(34-40-28(20)15-6-7-15)25-21(31)4-3-5-22(25)32/h3-5,10-11,15,17-19H,6-9,12-14H2,1-2H3. The van der Waals surface area contributed by atoms with Gasteiger partial charge in [-0.15, -0.1) is 0 Å². The molecular weight excluding hydrogens is 552 g/mol. The number of aromatic nitrogens is 2. The van der Waals surface area contributed by atoms with Crippen LogP contribution in [-0.4, -0.2) is 48.5 Å². The van der Waals surface area contributed by atoms with E-state index in [1.807, 2.05) is 0 Å². The maximum Gasteiger partial charge on any atom is 0.338 e. The Balaban J connectivity index is 1.11. The highest BCUT2D eigenvalue weighted by atomic mass is 32.1. The molecule has 0 amide bonds. The number of piperidine rings is 1. The lowest BCUT2D eigenvalue weighted by atomic mass is 10.00. The van der Waals surface area contributed by atoms with Crippen molar-refractivity contribution in [3.63, 3.8) is 0 Å². The minimum absolute atomic E-state index is 0.0149. The number of hydrogen-bond donors (Lipinski definition) is 0. The van der Waals surface area contributed by atoms with Crippen molar-refractivity contribution < 1.29 is 32.3 Å². The summed E-state index contributed by atoms with van der Waals surface area (Å²) in [7, 11) is 2.92. The fraction of sp³-hybridized carbons (Fsp3) is 0.433. The smallest absolute Gasteiger partial charge is 0.338 e. The quantitative estimate of drug-likeness (QED) is 0.215. The van der Waals surface area contributed by atoms with Crippen LogP contribution in [0.1, 0.15) is 66.1 Å². The molecule has 2 aromatic heterocycles. The molecule has 7 rings (SSSR count). The van der Waals surface area contributed by atoms with E-state index >= 15 is 0 Å². The van der Waals surface area contributed by atoms with Crippen molar-refractivity contribution in [2.24, 2.45) is 0 Å². The van der Waals surface area contributed by atoms with Gasteiger partial charge in [-0.3, -0.25) is 0 Å². The van der Waals surface area contributed by atoms with Crippen molar-refractivity contribution >= 4 is 32.7 Å². The van der Waals surface area contributed by atoms with Gasteiger partial charge >= 0.3 is 5.97 Å². The summed E-state index contributed by atoms with van der Waals surface area (Å²) >= 11 is 1.54. The van der Waals surface area contributed by atoms with Crippen LogP contribution in [0.5, 0.6) is 5.75 Å². The van der Waals surface area contributed by atoms with Crippen molar-refractivity contribution in [1.29, 1.82) is 0 Å². The summed E-state index contributed by atoms with van der Waals surface area (Å²) < 4.78 is 52.7. The molecule has 41 heavy (non-hydrogen) atoms. The summed E-state index contributed by atoms with van der Waals surface area (Å²) in [6.07, 6.45) is 5.60. The van der Waals surface area contributed by atoms with E-state index in [-0.39, 0.29) is 42.0 Å². The van der Waals surface area contributed by atoms with Gasteiger partial charge in [-0.05, 0) is 62.8 Å². The largest absolute Gasteiger partial charge is 0.494 e. The lowest BCUT2D eigenvalue weighted by Crippen LogP contribution is -2.45. The number of rotatable bonds is 8. The highest BCUT2D eigenvalue weighted by Crippen LogP contribution is 2.47. The highest BCUT2D eigenvalue weighted by Gasteiger charge is 2.43. The van der Waals surface area contributed by atoms with Gasteiger partial charge in [-0.25, -0.2) is 18.6 Å². The molecule has 2 aromatic carbocycles. The highest BCUT2D eigenvalue weighted by molar-refractivity contribution is 7.22. The Kier molecular flexibility index (Phi) is 6.66. The second-order valence-electron chi connectivity index (χ2n) is 11.0. The van der Waals surface area contributed by atoms with Gasteiger partial charge in [0, 0.05) is 23.6 Å². The van der Waals surface area contributed by atoms with Gasteiger partial charge in [0.15, 0.2) is 5.13 Å².